The van der Waals surface area contributed by atoms with E-state index in [9.17, 15) is 9.18 Å². The van der Waals surface area contributed by atoms with Crippen molar-refractivity contribution in [1.82, 2.24) is 4.90 Å². The lowest BCUT2D eigenvalue weighted by molar-refractivity contribution is -0.145. The quantitative estimate of drug-likeness (QED) is 0.837. The number of benzene rings is 1. The van der Waals surface area contributed by atoms with Crippen LogP contribution >= 0.6 is 12.4 Å². The van der Waals surface area contributed by atoms with E-state index in [2.05, 4.69) is 0 Å². The molecule has 0 aromatic heterocycles. The third-order valence-corrected chi connectivity index (χ3v) is 5.25. The zero-order valence-corrected chi connectivity index (χ0v) is 15.3. The van der Waals surface area contributed by atoms with Gasteiger partial charge < -0.3 is 15.4 Å². The van der Waals surface area contributed by atoms with Crippen LogP contribution in [-0.4, -0.2) is 42.1 Å². The van der Waals surface area contributed by atoms with Crippen molar-refractivity contribution in [2.75, 3.05) is 13.1 Å². The highest BCUT2D eigenvalue weighted by Crippen LogP contribution is 2.27. The zero-order chi connectivity index (χ0) is 16.9. The maximum Gasteiger partial charge on any atom is 0.251 e. The maximum atomic E-state index is 13.0. The first kappa shape index (κ1) is 20.1. The molecular formula is C19H28ClFN2O2. The molecule has 2 aliphatic rings. The Labute approximate surface area is 155 Å². The molecule has 2 N–H and O–H groups in total. The molecule has 1 heterocycles. The van der Waals surface area contributed by atoms with Crippen molar-refractivity contribution in [1.29, 1.82) is 0 Å². The number of ether oxygens (including phenoxy) is 1. The number of halogens is 2. The minimum atomic E-state index is -0.340. The Balaban J connectivity index is 0.00000225. The molecule has 1 amide bonds. The smallest absolute Gasteiger partial charge is 0.251 e. The Morgan fingerprint density at radius 2 is 1.84 bits per heavy atom. The highest BCUT2D eigenvalue weighted by Gasteiger charge is 2.36. The van der Waals surface area contributed by atoms with E-state index in [1.54, 1.807) is 12.1 Å². The average Bonchev–Trinajstić information content (AvgIpc) is 3.28. The SMILES string of the molecule is Cl.NC[C@H]1CC[C@@H](C(=O)N(CCc2ccc(F)cc2)C2CCCC2)O1. The first-order valence-electron chi connectivity index (χ1n) is 9.08. The summed E-state index contributed by atoms with van der Waals surface area (Å²) in [6, 6.07) is 6.86. The van der Waals surface area contributed by atoms with Gasteiger partial charge >= 0.3 is 0 Å². The fraction of sp³-hybridized carbons (Fsp3) is 0.632. The highest BCUT2D eigenvalue weighted by atomic mass is 35.5. The van der Waals surface area contributed by atoms with Crippen LogP contribution in [0.2, 0.25) is 0 Å². The van der Waals surface area contributed by atoms with Crippen molar-refractivity contribution in [2.45, 2.75) is 63.2 Å². The van der Waals surface area contributed by atoms with E-state index in [1.807, 2.05) is 4.90 Å². The molecule has 25 heavy (non-hydrogen) atoms. The van der Waals surface area contributed by atoms with Gasteiger partial charge in [-0.2, -0.15) is 0 Å². The Kier molecular flexibility index (Phi) is 7.66. The van der Waals surface area contributed by atoms with Crippen LogP contribution in [0.4, 0.5) is 4.39 Å². The number of amides is 1. The molecule has 1 aliphatic carbocycles. The van der Waals surface area contributed by atoms with Crippen LogP contribution in [0, 0.1) is 5.82 Å². The lowest BCUT2D eigenvalue weighted by Gasteiger charge is -2.31. The van der Waals surface area contributed by atoms with Gasteiger partial charge in [0, 0.05) is 19.1 Å². The van der Waals surface area contributed by atoms with Crippen LogP contribution in [0.3, 0.4) is 0 Å². The predicted molar refractivity (Wildman–Crippen MR) is 98.3 cm³/mol. The Morgan fingerprint density at radius 1 is 1.16 bits per heavy atom. The van der Waals surface area contributed by atoms with E-state index in [0.717, 1.165) is 37.7 Å². The second-order valence-corrected chi connectivity index (χ2v) is 6.91. The summed E-state index contributed by atoms with van der Waals surface area (Å²) in [5.41, 5.74) is 6.72. The number of hydrogen-bond acceptors (Lipinski definition) is 3. The highest BCUT2D eigenvalue weighted by molar-refractivity contribution is 5.85. The first-order chi connectivity index (χ1) is 11.7. The molecule has 1 saturated carbocycles. The van der Waals surface area contributed by atoms with E-state index >= 15 is 0 Å². The summed E-state index contributed by atoms with van der Waals surface area (Å²) < 4.78 is 18.9. The maximum absolute atomic E-state index is 13.0. The summed E-state index contributed by atoms with van der Waals surface area (Å²) in [6.07, 6.45) is 6.56. The van der Waals surface area contributed by atoms with E-state index in [-0.39, 0.29) is 36.3 Å². The number of nitrogens with two attached hydrogens (primary N) is 1. The minimum absolute atomic E-state index is 0. The second kappa shape index (κ2) is 9.51. The molecule has 4 nitrogen and oxygen atoms in total. The molecule has 1 saturated heterocycles. The third-order valence-electron chi connectivity index (χ3n) is 5.25. The van der Waals surface area contributed by atoms with Gasteiger partial charge in [-0.25, -0.2) is 4.39 Å². The fourth-order valence-corrected chi connectivity index (χ4v) is 3.83. The van der Waals surface area contributed by atoms with Crippen molar-refractivity contribution in [2.24, 2.45) is 5.73 Å². The van der Waals surface area contributed by atoms with E-state index < -0.39 is 0 Å². The van der Waals surface area contributed by atoms with Crippen LogP contribution in [0.5, 0.6) is 0 Å². The Morgan fingerprint density at radius 3 is 2.44 bits per heavy atom. The normalized spacial score (nSPS) is 23.4. The molecule has 6 heteroatoms. The summed E-state index contributed by atoms with van der Waals surface area (Å²) in [5.74, 6) is -0.116. The summed E-state index contributed by atoms with van der Waals surface area (Å²) in [5, 5.41) is 0. The standard InChI is InChI=1S/C19H27FN2O2.ClH/c20-15-7-5-14(6-8-15)11-12-22(16-3-1-2-4-16)19(23)18-10-9-17(13-21)24-18;/h5-8,16-18H,1-4,9-13,21H2;1H/t17-,18+;/m1./s1. The van der Waals surface area contributed by atoms with Gasteiger partial charge in [-0.1, -0.05) is 25.0 Å². The van der Waals surface area contributed by atoms with Gasteiger partial charge in [0.15, 0.2) is 0 Å². The zero-order valence-electron chi connectivity index (χ0n) is 14.5. The van der Waals surface area contributed by atoms with Gasteiger partial charge in [-0.15, -0.1) is 12.4 Å². The molecule has 1 aromatic rings. The molecular weight excluding hydrogens is 343 g/mol. The van der Waals surface area contributed by atoms with Crippen molar-refractivity contribution in [3.05, 3.63) is 35.6 Å². The van der Waals surface area contributed by atoms with Crippen molar-refractivity contribution in [3.63, 3.8) is 0 Å². The van der Waals surface area contributed by atoms with Gasteiger partial charge in [-0.05, 0) is 49.8 Å². The van der Waals surface area contributed by atoms with Crippen LogP contribution in [0.15, 0.2) is 24.3 Å². The molecule has 1 aromatic carbocycles. The molecule has 1 aliphatic heterocycles. The van der Waals surface area contributed by atoms with Gasteiger partial charge in [0.1, 0.15) is 11.9 Å². The van der Waals surface area contributed by atoms with Gasteiger partial charge in [0.05, 0.1) is 6.10 Å². The van der Waals surface area contributed by atoms with Gasteiger partial charge in [0.2, 0.25) is 0 Å². The second-order valence-electron chi connectivity index (χ2n) is 6.91. The molecule has 0 unspecified atom stereocenters. The van der Waals surface area contributed by atoms with E-state index in [1.165, 1.54) is 25.0 Å². The molecule has 140 valence electrons. The fourth-order valence-electron chi connectivity index (χ4n) is 3.83. The largest absolute Gasteiger partial charge is 0.364 e. The van der Waals surface area contributed by atoms with Crippen molar-refractivity contribution < 1.29 is 13.9 Å². The van der Waals surface area contributed by atoms with Crippen LogP contribution in [-0.2, 0) is 16.0 Å². The molecule has 2 fully saturated rings. The summed E-state index contributed by atoms with van der Waals surface area (Å²) in [4.78, 5) is 15.0. The number of hydrogen-bond donors (Lipinski definition) is 1. The summed E-state index contributed by atoms with van der Waals surface area (Å²) in [7, 11) is 0. The third kappa shape index (κ3) is 5.16. The van der Waals surface area contributed by atoms with Gasteiger partial charge in [0.25, 0.3) is 5.91 Å². The minimum Gasteiger partial charge on any atom is -0.364 e. The summed E-state index contributed by atoms with van der Waals surface area (Å²) >= 11 is 0. The number of carbonyl (C=O) groups excluding carboxylic acids is 1. The molecule has 3 rings (SSSR count). The first-order valence-corrected chi connectivity index (χ1v) is 9.08. The predicted octanol–water partition coefficient (Wildman–Crippen LogP) is 3.07. The topological polar surface area (TPSA) is 55.6 Å². The van der Waals surface area contributed by atoms with Crippen molar-refractivity contribution >= 4 is 18.3 Å². The molecule has 0 spiro atoms. The Bertz CT molecular complexity index is 549. The van der Waals surface area contributed by atoms with Crippen LogP contribution in [0.1, 0.15) is 44.1 Å². The monoisotopic (exact) mass is 370 g/mol. The average molecular weight is 371 g/mol. The summed E-state index contributed by atoms with van der Waals surface area (Å²) in [6.45, 7) is 1.14. The molecule has 2 atom stereocenters. The molecule has 0 bridgehead atoms. The van der Waals surface area contributed by atoms with E-state index in [4.69, 9.17) is 10.5 Å². The van der Waals surface area contributed by atoms with Crippen LogP contribution < -0.4 is 5.73 Å². The van der Waals surface area contributed by atoms with E-state index in [0.29, 0.717) is 19.1 Å². The lowest BCUT2D eigenvalue weighted by atomic mass is 10.1. The number of carbonyl (C=O) groups is 1. The van der Waals surface area contributed by atoms with Gasteiger partial charge in [-0.3, -0.25) is 4.79 Å². The number of nitrogens with zero attached hydrogens (tertiary/aromatic N) is 1. The Hall–Kier alpha value is -1.17. The number of rotatable bonds is 6. The molecule has 0 radical (unpaired) electrons. The van der Waals surface area contributed by atoms with Crippen LogP contribution in [0.25, 0.3) is 0 Å². The lowest BCUT2D eigenvalue weighted by Crippen LogP contribution is -2.45. The van der Waals surface area contributed by atoms with Crippen molar-refractivity contribution in [3.8, 4) is 0 Å².